The monoisotopic (exact) mass is 252 g/mol. The molecule has 1 aromatic rings. The maximum Gasteiger partial charge on any atom is 0.308 e. The van der Waals surface area contributed by atoms with Gasteiger partial charge in [0, 0.05) is 0 Å². The molecular formula is C14H20O4. The van der Waals surface area contributed by atoms with Crippen LogP contribution in [0, 0.1) is 5.92 Å². The van der Waals surface area contributed by atoms with Gasteiger partial charge in [0.25, 0.3) is 0 Å². The topological polar surface area (TPSA) is 55.8 Å². The molecule has 0 aliphatic carbocycles. The molecule has 0 aliphatic rings. The van der Waals surface area contributed by atoms with Gasteiger partial charge in [-0.3, -0.25) is 4.79 Å². The van der Waals surface area contributed by atoms with E-state index in [0.717, 1.165) is 5.56 Å². The number of ether oxygens (including phenoxy) is 2. The molecule has 0 spiro atoms. The van der Waals surface area contributed by atoms with E-state index in [9.17, 15) is 4.79 Å². The summed E-state index contributed by atoms with van der Waals surface area (Å²) in [4.78, 5) is 10.7. The SMILES string of the molecule is CCC(COCCOCc1ccccc1)C(=O)O. The third-order valence-electron chi connectivity index (χ3n) is 2.64. The highest BCUT2D eigenvalue weighted by Crippen LogP contribution is 2.03. The van der Waals surface area contributed by atoms with Gasteiger partial charge in [0.15, 0.2) is 0 Å². The zero-order valence-electron chi connectivity index (χ0n) is 10.7. The van der Waals surface area contributed by atoms with Crippen LogP contribution in [0.2, 0.25) is 0 Å². The van der Waals surface area contributed by atoms with Crippen LogP contribution in [-0.2, 0) is 20.9 Å². The highest BCUT2D eigenvalue weighted by Gasteiger charge is 2.14. The van der Waals surface area contributed by atoms with Crippen molar-refractivity contribution in [3.63, 3.8) is 0 Å². The number of hydrogen-bond donors (Lipinski definition) is 1. The van der Waals surface area contributed by atoms with Crippen molar-refractivity contribution < 1.29 is 19.4 Å². The van der Waals surface area contributed by atoms with Crippen molar-refractivity contribution in [3.8, 4) is 0 Å². The van der Waals surface area contributed by atoms with Crippen LogP contribution < -0.4 is 0 Å². The van der Waals surface area contributed by atoms with Gasteiger partial charge in [-0.15, -0.1) is 0 Å². The number of carboxylic acid groups (broad SMARTS) is 1. The predicted octanol–water partition coefficient (Wildman–Crippen LogP) is 2.33. The summed E-state index contributed by atoms with van der Waals surface area (Å²) < 4.78 is 10.7. The summed E-state index contributed by atoms with van der Waals surface area (Å²) in [6, 6.07) is 9.89. The first-order valence-electron chi connectivity index (χ1n) is 6.16. The highest BCUT2D eigenvalue weighted by atomic mass is 16.5. The van der Waals surface area contributed by atoms with Crippen molar-refractivity contribution >= 4 is 5.97 Å². The average molecular weight is 252 g/mol. The van der Waals surface area contributed by atoms with Crippen LogP contribution in [0.1, 0.15) is 18.9 Å². The van der Waals surface area contributed by atoms with Crippen molar-refractivity contribution in [2.24, 2.45) is 5.92 Å². The lowest BCUT2D eigenvalue weighted by molar-refractivity contribution is -0.144. The van der Waals surface area contributed by atoms with Gasteiger partial charge in [-0.05, 0) is 12.0 Å². The lowest BCUT2D eigenvalue weighted by Gasteiger charge is -2.10. The van der Waals surface area contributed by atoms with E-state index < -0.39 is 11.9 Å². The number of rotatable bonds is 9. The summed E-state index contributed by atoms with van der Waals surface area (Å²) in [5.41, 5.74) is 1.12. The normalized spacial score (nSPS) is 12.3. The second-order valence-corrected chi connectivity index (χ2v) is 4.06. The van der Waals surface area contributed by atoms with Crippen molar-refractivity contribution in [2.45, 2.75) is 20.0 Å². The van der Waals surface area contributed by atoms with E-state index in [4.69, 9.17) is 14.6 Å². The van der Waals surface area contributed by atoms with Gasteiger partial charge in [0.05, 0.1) is 32.3 Å². The van der Waals surface area contributed by atoms with E-state index in [1.54, 1.807) is 0 Å². The Hall–Kier alpha value is -1.39. The Labute approximate surface area is 108 Å². The number of hydrogen-bond acceptors (Lipinski definition) is 3. The van der Waals surface area contributed by atoms with E-state index >= 15 is 0 Å². The van der Waals surface area contributed by atoms with Crippen LogP contribution in [0.4, 0.5) is 0 Å². The van der Waals surface area contributed by atoms with Gasteiger partial charge < -0.3 is 14.6 Å². The molecule has 0 aromatic heterocycles. The molecule has 1 unspecified atom stereocenters. The first-order valence-corrected chi connectivity index (χ1v) is 6.16. The van der Waals surface area contributed by atoms with E-state index in [1.807, 2.05) is 37.3 Å². The maximum absolute atomic E-state index is 10.7. The number of carboxylic acids is 1. The predicted molar refractivity (Wildman–Crippen MR) is 68.3 cm³/mol. The zero-order chi connectivity index (χ0) is 13.2. The molecule has 0 saturated heterocycles. The molecule has 0 bridgehead atoms. The Kier molecular flexibility index (Phi) is 7.06. The minimum Gasteiger partial charge on any atom is -0.481 e. The summed E-state index contributed by atoms with van der Waals surface area (Å²) >= 11 is 0. The average Bonchev–Trinajstić information content (AvgIpc) is 2.38. The van der Waals surface area contributed by atoms with Crippen molar-refractivity contribution in [1.82, 2.24) is 0 Å². The van der Waals surface area contributed by atoms with Gasteiger partial charge in [0.2, 0.25) is 0 Å². The molecule has 0 fully saturated rings. The van der Waals surface area contributed by atoms with Gasteiger partial charge in [-0.25, -0.2) is 0 Å². The zero-order valence-corrected chi connectivity index (χ0v) is 10.7. The third-order valence-corrected chi connectivity index (χ3v) is 2.64. The second-order valence-electron chi connectivity index (χ2n) is 4.06. The standard InChI is InChI=1S/C14H20O4/c1-2-13(14(15)16)11-18-9-8-17-10-12-6-4-3-5-7-12/h3-7,13H,2,8-11H2,1H3,(H,15,16). The number of benzene rings is 1. The van der Waals surface area contributed by atoms with Crippen molar-refractivity contribution in [2.75, 3.05) is 19.8 Å². The summed E-state index contributed by atoms with van der Waals surface area (Å²) in [6.07, 6.45) is 0.584. The maximum atomic E-state index is 10.7. The van der Waals surface area contributed by atoms with Crippen LogP contribution >= 0.6 is 0 Å². The van der Waals surface area contributed by atoms with Gasteiger partial charge in [-0.1, -0.05) is 37.3 Å². The summed E-state index contributed by atoms with van der Waals surface area (Å²) in [6.45, 7) is 3.55. The minimum atomic E-state index is -0.803. The lowest BCUT2D eigenvalue weighted by Crippen LogP contribution is -2.20. The molecule has 1 rings (SSSR count). The second kappa shape index (κ2) is 8.66. The quantitative estimate of drug-likeness (QED) is 0.685. The number of carbonyl (C=O) groups is 1. The van der Waals surface area contributed by atoms with Gasteiger partial charge in [-0.2, -0.15) is 0 Å². The molecule has 4 nitrogen and oxygen atoms in total. The van der Waals surface area contributed by atoms with Crippen LogP contribution in [0.3, 0.4) is 0 Å². The highest BCUT2D eigenvalue weighted by molar-refractivity contribution is 5.69. The smallest absolute Gasteiger partial charge is 0.308 e. The summed E-state index contributed by atoms with van der Waals surface area (Å²) in [7, 11) is 0. The van der Waals surface area contributed by atoms with E-state index in [0.29, 0.717) is 26.2 Å². The van der Waals surface area contributed by atoms with Crippen LogP contribution in [0.25, 0.3) is 0 Å². The lowest BCUT2D eigenvalue weighted by atomic mass is 10.1. The molecule has 4 heteroatoms. The summed E-state index contributed by atoms with van der Waals surface area (Å²) in [5.74, 6) is -1.22. The third kappa shape index (κ3) is 5.80. The van der Waals surface area contributed by atoms with Gasteiger partial charge in [0.1, 0.15) is 0 Å². The van der Waals surface area contributed by atoms with Crippen molar-refractivity contribution in [3.05, 3.63) is 35.9 Å². The van der Waals surface area contributed by atoms with Crippen LogP contribution in [0.5, 0.6) is 0 Å². The molecule has 0 saturated carbocycles. The fourth-order valence-corrected chi connectivity index (χ4v) is 1.47. The first kappa shape index (κ1) is 14.7. The Morgan fingerprint density at radius 2 is 1.89 bits per heavy atom. The van der Waals surface area contributed by atoms with Crippen molar-refractivity contribution in [1.29, 1.82) is 0 Å². The largest absolute Gasteiger partial charge is 0.481 e. The number of aliphatic carboxylic acids is 1. The Bertz CT molecular complexity index is 337. The fourth-order valence-electron chi connectivity index (χ4n) is 1.47. The molecule has 100 valence electrons. The Morgan fingerprint density at radius 3 is 2.50 bits per heavy atom. The van der Waals surface area contributed by atoms with Crippen LogP contribution in [-0.4, -0.2) is 30.9 Å². The van der Waals surface area contributed by atoms with Gasteiger partial charge >= 0.3 is 5.97 Å². The summed E-state index contributed by atoms with van der Waals surface area (Å²) in [5, 5.41) is 8.81. The molecule has 1 aromatic carbocycles. The first-order chi connectivity index (χ1) is 8.74. The molecule has 1 N–H and O–H groups in total. The molecular weight excluding hydrogens is 232 g/mol. The van der Waals surface area contributed by atoms with E-state index in [1.165, 1.54) is 0 Å². The fraction of sp³-hybridized carbons (Fsp3) is 0.500. The van der Waals surface area contributed by atoms with E-state index in [2.05, 4.69) is 0 Å². The van der Waals surface area contributed by atoms with Crippen LogP contribution in [0.15, 0.2) is 30.3 Å². The molecule has 1 atom stereocenters. The Balaban J connectivity index is 2.04. The Morgan fingerprint density at radius 1 is 1.22 bits per heavy atom. The molecule has 0 radical (unpaired) electrons. The molecule has 0 aliphatic heterocycles. The molecule has 0 amide bonds. The molecule has 18 heavy (non-hydrogen) atoms. The molecule has 0 heterocycles. The van der Waals surface area contributed by atoms with E-state index in [-0.39, 0.29) is 6.61 Å². The minimum absolute atomic E-state index is 0.251.